The molecule has 4 rings (SSSR count). The lowest BCUT2D eigenvalue weighted by Gasteiger charge is -2.33. The molecule has 0 radical (unpaired) electrons. The SMILES string of the molecule is CC[C@@H](C)NC(=O)[C@H](Cc1ccccc1)N(Cc1ccc(Br)cc1)C(=O)CCCN(c1ccc2c(c1)OCCO2)S(C)(=O)=O. The van der Waals surface area contributed by atoms with Crippen molar-refractivity contribution >= 4 is 43.5 Å². The first-order chi connectivity index (χ1) is 21.0. The quantitative estimate of drug-likeness (QED) is 0.246. The molecule has 2 atom stereocenters. The van der Waals surface area contributed by atoms with Crippen LogP contribution in [0.4, 0.5) is 5.69 Å². The van der Waals surface area contributed by atoms with E-state index in [1.165, 1.54) is 4.31 Å². The van der Waals surface area contributed by atoms with Gasteiger partial charge in [0.25, 0.3) is 0 Å². The molecule has 236 valence electrons. The highest BCUT2D eigenvalue weighted by molar-refractivity contribution is 9.10. The van der Waals surface area contributed by atoms with Gasteiger partial charge in [-0.3, -0.25) is 13.9 Å². The number of nitrogens with one attached hydrogen (secondary N) is 1. The summed E-state index contributed by atoms with van der Waals surface area (Å²) in [6, 6.07) is 21.5. The van der Waals surface area contributed by atoms with Crippen LogP contribution in [-0.4, -0.2) is 63.2 Å². The van der Waals surface area contributed by atoms with Crippen LogP contribution in [0.25, 0.3) is 0 Å². The average molecular weight is 687 g/mol. The fourth-order valence-electron chi connectivity index (χ4n) is 4.97. The second-order valence-electron chi connectivity index (χ2n) is 10.9. The lowest BCUT2D eigenvalue weighted by molar-refractivity contribution is -0.141. The van der Waals surface area contributed by atoms with Gasteiger partial charge >= 0.3 is 0 Å². The van der Waals surface area contributed by atoms with Gasteiger partial charge in [-0.1, -0.05) is 65.3 Å². The molecule has 3 aromatic rings. The van der Waals surface area contributed by atoms with Crippen molar-refractivity contribution in [2.24, 2.45) is 0 Å². The number of hydrogen-bond donors (Lipinski definition) is 1. The van der Waals surface area contributed by atoms with E-state index in [4.69, 9.17) is 9.47 Å². The second-order valence-corrected chi connectivity index (χ2v) is 13.8. The van der Waals surface area contributed by atoms with Gasteiger partial charge in [0.15, 0.2) is 11.5 Å². The highest BCUT2D eigenvalue weighted by atomic mass is 79.9. The van der Waals surface area contributed by atoms with Crippen molar-refractivity contribution in [3.8, 4) is 11.5 Å². The van der Waals surface area contributed by atoms with Crippen molar-refractivity contribution in [2.75, 3.05) is 30.3 Å². The van der Waals surface area contributed by atoms with Crippen molar-refractivity contribution in [2.45, 2.75) is 58.2 Å². The van der Waals surface area contributed by atoms with Crippen molar-refractivity contribution in [1.82, 2.24) is 10.2 Å². The second kappa shape index (κ2) is 15.4. The van der Waals surface area contributed by atoms with E-state index in [1.807, 2.05) is 68.4 Å². The molecule has 2 amide bonds. The van der Waals surface area contributed by atoms with Crippen molar-refractivity contribution in [3.63, 3.8) is 0 Å². The third-order valence-electron chi connectivity index (χ3n) is 7.50. The van der Waals surface area contributed by atoms with Crippen LogP contribution in [0.3, 0.4) is 0 Å². The van der Waals surface area contributed by atoms with E-state index in [2.05, 4.69) is 21.2 Å². The molecule has 11 heteroatoms. The molecule has 3 aromatic carbocycles. The Hall–Kier alpha value is -3.57. The van der Waals surface area contributed by atoms with Crippen LogP contribution in [0.15, 0.2) is 77.3 Å². The number of fused-ring (bicyclic) bond motifs is 1. The molecule has 9 nitrogen and oxygen atoms in total. The number of rotatable bonds is 14. The van der Waals surface area contributed by atoms with Crippen LogP contribution in [0, 0.1) is 0 Å². The summed E-state index contributed by atoms with van der Waals surface area (Å²) in [6.07, 6.45) is 2.54. The maximum atomic E-state index is 14.0. The molecule has 0 saturated carbocycles. The third kappa shape index (κ3) is 9.22. The molecule has 0 saturated heterocycles. The van der Waals surface area contributed by atoms with Crippen LogP contribution in [-0.2, 0) is 32.6 Å². The van der Waals surface area contributed by atoms with Gasteiger partial charge in [-0.25, -0.2) is 8.42 Å². The summed E-state index contributed by atoms with van der Waals surface area (Å²) in [6.45, 7) is 5.07. The minimum Gasteiger partial charge on any atom is -0.486 e. The van der Waals surface area contributed by atoms with E-state index < -0.39 is 16.1 Å². The molecule has 1 aliphatic rings. The highest BCUT2D eigenvalue weighted by Crippen LogP contribution is 2.35. The molecule has 0 aliphatic carbocycles. The molecule has 1 heterocycles. The minimum atomic E-state index is -3.66. The maximum Gasteiger partial charge on any atom is 0.243 e. The molecular formula is C33H40BrN3O6S. The maximum absolute atomic E-state index is 14.0. The van der Waals surface area contributed by atoms with Gasteiger partial charge in [0.2, 0.25) is 21.8 Å². The number of hydrogen-bond acceptors (Lipinski definition) is 6. The number of benzene rings is 3. The van der Waals surface area contributed by atoms with Crippen LogP contribution in [0.1, 0.15) is 44.2 Å². The Morgan fingerprint density at radius 1 is 0.955 bits per heavy atom. The topological polar surface area (TPSA) is 105 Å². The Kier molecular flexibility index (Phi) is 11.7. The van der Waals surface area contributed by atoms with E-state index in [0.717, 1.165) is 28.3 Å². The van der Waals surface area contributed by atoms with E-state index in [0.29, 0.717) is 36.8 Å². The average Bonchev–Trinajstić information content (AvgIpc) is 3.01. The summed E-state index contributed by atoms with van der Waals surface area (Å²) in [5, 5.41) is 3.07. The lowest BCUT2D eigenvalue weighted by Crippen LogP contribution is -2.52. The van der Waals surface area contributed by atoms with Gasteiger partial charge in [0.1, 0.15) is 19.3 Å². The Bertz CT molecular complexity index is 1520. The van der Waals surface area contributed by atoms with Crippen molar-refractivity contribution in [1.29, 1.82) is 0 Å². The largest absolute Gasteiger partial charge is 0.486 e. The zero-order valence-corrected chi connectivity index (χ0v) is 27.8. The molecular weight excluding hydrogens is 646 g/mol. The highest BCUT2D eigenvalue weighted by Gasteiger charge is 2.31. The van der Waals surface area contributed by atoms with Crippen molar-refractivity contribution < 1.29 is 27.5 Å². The van der Waals surface area contributed by atoms with Gasteiger partial charge in [-0.2, -0.15) is 0 Å². The summed E-state index contributed by atoms with van der Waals surface area (Å²) in [7, 11) is -3.66. The first-order valence-electron chi connectivity index (χ1n) is 14.8. The number of halogens is 1. The monoisotopic (exact) mass is 685 g/mol. The number of nitrogens with zero attached hydrogens (tertiary/aromatic N) is 2. The van der Waals surface area contributed by atoms with Gasteiger partial charge in [-0.15, -0.1) is 0 Å². The van der Waals surface area contributed by atoms with Crippen LogP contribution < -0.4 is 19.1 Å². The third-order valence-corrected chi connectivity index (χ3v) is 9.23. The van der Waals surface area contributed by atoms with Gasteiger partial charge < -0.3 is 19.7 Å². The number of sulfonamides is 1. The Morgan fingerprint density at radius 3 is 2.30 bits per heavy atom. The zero-order valence-electron chi connectivity index (χ0n) is 25.4. The first-order valence-corrected chi connectivity index (χ1v) is 17.4. The summed E-state index contributed by atoms with van der Waals surface area (Å²) in [5.74, 6) is 0.592. The summed E-state index contributed by atoms with van der Waals surface area (Å²) < 4.78 is 39.0. The number of carbonyl (C=O) groups excluding carboxylic acids is 2. The van der Waals surface area contributed by atoms with Crippen LogP contribution >= 0.6 is 15.9 Å². The number of amides is 2. The van der Waals surface area contributed by atoms with Gasteiger partial charge in [0.05, 0.1) is 11.9 Å². The van der Waals surface area contributed by atoms with Gasteiger partial charge in [-0.05, 0) is 55.2 Å². The summed E-state index contributed by atoms with van der Waals surface area (Å²) in [4.78, 5) is 29.3. The van der Waals surface area contributed by atoms with Crippen LogP contribution in [0.5, 0.6) is 11.5 Å². The fourth-order valence-corrected chi connectivity index (χ4v) is 6.19. The molecule has 0 unspecified atom stereocenters. The molecule has 1 N–H and O–H groups in total. The predicted octanol–water partition coefficient (Wildman–Crippen LogP) is 5.32. The number of ether oxygens (including phenoxy) is 2. The Morgan fingerprint density at radius 2 is 1.64 bits per heavy atom. The molecule has 0 fully saturated rings. The smallest absolute Gasteiger partial charge is 0.243 e. The normalized spacial score (nSPS) is 13.9. The number of carbonyl (C=O) groups is 2. The van der Waals surface area contributed by atoms with E-state index >= 15 is 0 Å². The first kappa shape index (κ1) is 33.3. The van der Waals surface area contributed by atoms with Crippen LogP contribution in [0.2, 0.25) is 0 Å². The lowest BCUT2D eigenvalue weighted by atomic mass is 10.0. The Labute approximate surface area is 268 Å². The standard InChI is InChI=1S/C33H40BrN3O6S/c1-4-24(2)35-33(39)29(21-25-9-6-5-7-10-25)36(23-26-12-14-27(34)15-13-26)32(38)11-8-18-37(44(3,40)41)28-16-17-30-31(22-28)43-20-19-42-30/h5-7,9-10,12-17,22,24,29H,4,8,11,18-21,23H2,1-3H3,(H,35,39)/t24-,29+/m1/s1. The van der Waals surface area contributed by atoms with Crippen molar-refractivity contribution in [3.05, 3.63) is 88.4 Å². The van der Waals surface area contributed by atoms with Gasteiger partial charge in [0, 0.05) is 42.5 Å². The predicted molar refractivity (Wildman–Crippen MR) is 175 cm³/mol. The zero-order chi connectivity index (χ0) is 31.7. The summed E-state index contributed by atoms with van der Waals surface area (Å²) >= 11 is 3.46. The summed E-state index contributed by atoms with van der Waals surface area (Å²) in [5.41, 5.74) is 2.25. The van der Waals surface area contributed by atoms with E-state index in [9.17, 15) is 18.0 Å². The molecule has 0 spiro atoms. The molecule has 0 bridgehead atoms. The van der Waals surface area contributed by atoms with E-state index in [-0.39, 0.29) is 43.8 Å². The fraction of sp³-hybridized carbons (Fsp3) is 0.394. The van der Waals surface area contributed by atoms with E-state index in [1.54, 1.807) is 23.1 Å². The number of anilines is 1. The molecule has 0 aromatic heterocycles. The molecule has 1 aliphatic heterocycles. The molecule has 44 heavy (non-hydrogen) atoms. The Balaban J connectivity index is 1.58. The minimum absolute atomic E-state index is 0.0506.